The van der Waals surface area contributed by atoms with Crippen molar-refractivity contribution in [3.63, 3.8) is 0 Å². The highest BCUT2D eigenvalue weighted by Gasteiger charge is 2.23. The zero-order valence-electron chi connectivity index (χ0n) is 39.9. The van der Waals surface area contributed by atoms with Crippen LogP contribution < -0.4 is 9.80 Å². The van der Waals surface area contributed by atoms with Gasteiger partial charge in [-0.3, -0.25) is 0 Å². The number of hydrogen-bond donors (Lipinski definition) is 0. The van der Waals surface area contributed by atoms with E-state index in [4.69, 9.17) is 18.8 Å². The van der Waals surface area contributed by atoms with Crippen molar-refractivity contribution < 1.29 is 8.83 Å². The highest BCUT2D eigenvalue weighted by Crippen LogP contribution is 2.47. The minimum absolute atomic E-state index is 0.600. The normalized spacial score (nSPS) is 11.8. The van der Waals surface area contributed by atoms with Crippen molar-refractivity contribution in [1.82, 2.24) is 9.97 Å². The maximum absolute atomic E-state index is 6.50. The molecule has 346 valence electrons. The van der Waals surface area contributed by atoms with Gasteiger partial charge in [-0.05, 0) is 139 Å². The summed E-state index contributed by atoms with van der Waals surface area (Å²) in [5.41, 5.74) is 11.1. The summed E-state index contributed by atoms with van der Waals surface area (Å²) in [6, 6.07) is 90.4. The highest BCUT2D eigenvalue weighted by atomic mass is 16.4. The molecule has 0 unspecified atom stereocenters. The first-order chi connectivity index (χ1) is 36.6. The molecule has 15 aromatic rings. The van der Waals surface area contributed by atoms with Gasteiger partial charge in [0.1, 0.15) is 11.0 Å². The Hall–Kier alpha value is -10.0. The molecule has 0 aliphatic rings. The molecule has 2 aromatic heterocycles. The first kappa shape index (κ1) is 41.7. The van der Waals surface area contributed by atoms with E-state index in [1.165, 1.54) is 43.1 Å². The van der Waals surface area contributed by atoms with Crippen molar-refractivity contribution in [2.45, 2.75) is 0 Å². The van der Waals surface area contributed by atoms with E-state index in [0.29, 0.717) is 11.8 Å². The van der Waals surface area contributed by atoms with Crippen LogP contribution in [0.3, 0.4) is 0 Å². The van der Waals surface area contributed by atoms with Gasteiger partial charge in [-0.2, -0.15) is 0 Å². The zero-order chi connectivity index (χ0) is 48.7. The van der Waals surface area contributed by atoms with Gasteiger partial charge >= 0.3 is 0 Å². The number of aromatic nitrogens is 2. The number of hydrogen-bond acceptors (Lipinski definition) is 6. The monoisotopic (exact) mass is 946 g/mol. The lowest BCUT2D eigenvalue weighted by molar-refractivity contribution is 0.619. The van der Waals surface area contributed by atoms with Crippen LogP contribution in [0.4, 0.5) is 34.1 Å². The molecule has 15 rings (SSSR count). The molecule has 6 heteroatoms. The third kappa shape index (κ3) is 6.88. The standard InChI is InChI=1S/C68H42N4O2/c1-3-15-43(16-4-1)67-69-61-35-31-51(41-65(61)73-67)71(63-39-45-19-7-9-21-53(45)57-23-11-13-25-59(57)63)49-29-33-55-47(37-49)27-28-48-38-50(30-34-56(48)55)72(64-40-46-20-8-10-22-54(46)58-24-12-14-26-60(58)64)52-32-36-62-66(42-52)74-68(70-62)44-17-5-2-6-18-44/h1-42H. The first-order valence-electron chi connectivity index (χ1n) is 25.0. The van der Waals surface area contributed by atoms with Crippen LogP contribution in [0.5, 0.6) is 0 Å². The fraction of sp³-hybridized carbons (Fsp3) is 0. The molecule has 0 saturated heterocycles. The van der Waals surface area contributed by atoms with Gasteiger partial charge in [0.05, 0.1) is 22.7 Å². The quantitative estimate of drug-likeness (QED) is 0.141. The van der Waals surface area contributed by atoms with Crippen LogP contribution in [0.2, 0.25) is 0 Å². The zero-order valence-corrected chi connectivity index (χ0v) is 39.9. The van der Waals surface area contributed by atoms with Gasteiger partial charge < -0.3 is 18.6 Å². The summed E-state index contributed by atoms with van der Waals surface area (Å²) in [4.78, 5) is 14.5. The lowest BCUT2D eigenvalue weighted by atomic mass is 9.97. The number of nitrogens with zero attached hydrogens (tertiary/aromatic N) is 4. The largest absolute Gasteiger partial charge is 0.436 e. The van der Waals surface area contributed by atoms with Crippen LogP contribution >= 0.6 is 0 Å². The van der Waals surface area contributed by atoms with E-state index in [-0.39, 0.29) is 0 Å². The Morgan fingerprint density at radius 3 is 1.04 bits per heavy atom. The Bertz CT molecular complexity index is 4400. The Kier molecular flexibility index (Phi) is 9.47. The summed E-state index contributed by atoms with van der Waals surface area (Å²) in [5.74, 6) is 1.20. The summed E-state index contributed by atoms with van der Waals surface area (Å²) in [5, 5.41) is 14.1. The number of rotatable bonds is 8. The molecular formula is C68H42N4O2. The molecule has 0 spiro atoms. The lowest BCUT2D eigenvalue weighted by Crippen LogP contribution is -2.11. The number of anilines is 6. The summed E-state index contributed by atoms with van der Waals surface area (Å²) in [7, 11) is 0. The van der Waals surface area contributed by atoms with Crippen LogP contribution in [0, 0.1) is 0 Å². The van der Waals surface area contributed by atoms with E-state index in [2.05, 4.69) is 204 Å². The minimum atomic E-state index is 0.600. The number of oxazole rings is 2. The van der Waals surface area contributed by atoms with Gasteiger partial charge in [0, 0.05) is 45.4 Å². The Morgan fingerprint density at radius 1 is 0.257 bits per heavy atom. The van der Waals surface area contributed by atoms with Crippen molar-refractivity contribution in [1.29, 1.82) is 0 Å². The topological polar surface area (TPSA) is 58.5 Å². The fourth-order valence-corrected chi connectivity index (χ4v) is 11.1. The average molecular weight is 947 g/mol. The molecule has 0 bridgehead atoms. The van der Waals surface area contributed by atoms with Gasteiger partial charge in [0.2, 0.25) is 11.8 Å². The first-order valence-corrected chi connectivity index (χ1v) is 25.0. The molecule has 0 amide bonds. The molecule has 2 heterocycles. The Labute approximate surface area is 425 Å². The predicted molar refractivity (Wildman–Crippen MR) is 307 cm³/mol. The summed E-state index contributed by atoms with van der Waals surface area (Å²) < 4.78 is 13.0. The smallest absolute Gasteiger partial charge is 0.227 e. The van der Waals surface area contributed by atoms with Crippen LogP contribution in [0.15, 0.2) is 264 Å². The van der Waals surface area contributed by atoms with Crippen molar-refractivity contribution >= 4 is 121 Å². The molecule has 6 nitrogen and oxygen atoms in total. The van der Waals surface area contributed by atoms with Crippen molar-refractivity contribution in [2.75, 3.05) is 9.80 Å². The second-order valence-electron chi connectivity index (χ2n) is 18.9. The molecule has 0 aliphatic carbocycles. The van der Waals surface area contributed by atoms with Crippen molar-refractivity contribution in [3.8, 4) is 22.9 Å². The highest BCUT2D eigenvalue weighted by molar-refractivity contribution is 6.17. The number of fused-ring (bicyclic) bond motifs is 11. The molecule has 0 aliphatic heterocycles. The van der Waals surface area contributed by atoms with Gasteiger partial charge in [-0.25, -0.2) is 9.97 Å². The summed E-state index contributed by atoms with van der Waals surface area (Å²) in [6.07, 6.45) is 0. The van der Waals surface area contributed by atoms with Crippen LogP contribution in [0.25, 0.3) is 110 Å². The van der Waals surface area contributed by atoms with Gasteiger partial charge in [0.25, 0.3) is 0 Å². The molecule has 0 fully saturated rings. The Morgan fingerprint density at radius 2 is 0.595 bits per heavy atom. The van der Waals surface area contributed by atoms with Crippen LogP contribution in [-0.2, 0) is 0 Å². The fourth-order valence-electron chi connectivity index (χ4n) is 11.1. The van der Waals surface area contributed by atoms with E-state index in [0.717, 1.165) is 89.0 Å². The van der Waals surface area contributed by atoms with Crippen molar-refractivity contribution in [3.05, 3.63) is 255 Å². The maximum Gasteiger partial charge on any atom is 0.227 e. The molecular weight excluding hydrogens is 905 g/mol. The second-order valence-corrected chi connectivity index (χ2v) is 18.9. The third-order valence-electron chi connectivity index (χ3n) is 14.6. The average Bonchev–Trinajstić information content (AvgIpc) is 4.11. The van der Waals surface area contributed by atoms with Crippen LogP contribution in [0.1, 0.15) is 0 Å². The van der Waals surface area contributed by atoms with Gasteiger partial charge in [-0.1, -0.05) is 158 Å². The van der Waals surface area contributed by atoms with Crippen LogP contribution in [-0.4, -0.2) is 9.97 Å². The molecule has 0 radical (unpaired) electrons. The minimum Gasteiger partial charge on any atom is -0.436 e. The lowest BCUT2D eigenvalue weighted by Gasteiger charge is -2.28. The van der Waals surface area contributed by atoms with E-state index in [1.807, 2.05) is 60.7 Å². The van der Waals surface area contributed by atoms with E-state index in [9.17, 15) is 0 Å². The molecule has 0 atom stereocenters. The predicted octanol–water partition coefficient (Wildman–Crippen LogP) is 19.2. The summed E-state index contributed by atoms with van der Waals surface area (Å²) >= 11 is 0. The van der Waals surface area contributed by atoms with E-state index < -0.39 is 0 Å². The molecule has 0 N–H and O–H groups in total. The summed E-state index contributed by atoms with van der Waals surface area (Å²) in [6.45, 7) is 0. The van der Waals surface area contributed by atoms with Gasteiger partial charge in [0.15, 0.2) is 11.2 Å². The van der Waals surface area contributed by atoms with E-state index in [1.54, 1.807) is 0 Å². The molecule has 0 saturated carbocycles. The van der Waals surface area contributed by atoms with Crippen molar-refractivity contribution in [2.24, 2.45) is 0 Å². The second kappa shape index (κ2) is 16.8. The van der Waals surface area contributed by atoms with Gasteiger partial charge in [-0.15, -0.1) is 0 Å². The van der Waals surface area contributed by atoms with E-state index >= 15 is 0 Å². The number of benzene rings is 13. The Balaban J connectivity index is 0.891. The molecule has 74 heavy (non-hydrogen) atoms. The maximum atomic E-state index is 6.50. The molecule has 13 aromatic carbocycles. The third-order valence-corrected chi connectivity index (χ3v) is 14.6. The SMILES string of the molecule is c1ccc(-c2nc3ccc(N(c4ccc5c(ccc6cc(N(c7ccc8nc(-c9ccccc9)oc8c7)c7cc8ccccc8c8ccccc78)ccc65)c4)c4cc5ccccc5c5ccccc45)cc3o2)cc1.